The molecule has 0 aromatic rings. The van der Waals surface area contributed by atoms with E-state index in [1.807, 2.05) is 0 Å². The molecule has 1 N–H and O–H groups in total. The molecule has 1 atom stereocenters. The zero-order valence-corrected chi connectivity index (χ0v) is 12.2. The van der Waals surface area contributed by atoms with Crippen LogP contribution in [-0.2, 0) is 0 Å². The highest BCUT2D eigenvalue weighted by Gasteiger charge is 2.07. The van der Waals surface area contributed by atoms with Crippen LogP contribution in [0.25, 0.3) is 0 Å². The molecule has 16 heavy (non-hydrogen) atoms. The van der Waals surface area contributed by atoms with Crippen molar-refractivity contribution in [1.82, 2.24) is 10.2 Å². The molecule has 0 aromatic carbocycles. The molecule has 0 saturated heterocycles. The van der Waals surface area contributed by atoms with Crippen molar-refractivity contribution in [3.8, 4) is 0 Å². The Labute approximate surface area is 103 Å². The fraction of sp³-hybridized carbons (Fsp3) is 1.00. The molecule has 0 aliphatic carbocycles. The Morgan fingerprint density at radius 3 is 2.06 bits per heavy atom. The summed E-state index contributed by atoms with van der Waals surface area (Å²) in [5.41, 5.74) is 0. The molecule has 2 nitrogen and oxygen atoms in total. The van der Waals surface area contributed by atoms with E-state index in [-0.39, 0.29) is 0 Å². The van der Waals surface area contributed by atoms with Crippen molar-refractivity contribution < 1.29 is 0 Å². The van der Waals surface area contributed by atoms with Gasteiger partial charge >= 0.3 is 0 Å². The lowest BCUT2D eigenvalue weighted by molar-refractivity contribution is 0.265. The summed E-state index contributed by atoms with van der Waals surface area (Å²) in [6.45, 7) is 16.1. The molecular weight excluding hydrogens is 196 g/mol. The molecule has 2 heteroatoms. The van der Waals surface area contributed by atoms with Crippen molar-refractivity contribution in [2.24, 2.45) is 17.8 Å². The SMILES string of the molecule is CC(C)CCN(C)CC(C)CNCC(C)C. The van der Waals surface area contributed by atoms with Crippen molar-refractivity contribution in [3.05, 3.63) is 0 Å². The van der Waals surface area contributed by atoms with E-state index in [0.717, 1.165) is 30.8 Å². The minimum Gasteiger partial charge on any atom is -0.316 e. The van der Waals surface area contributed by atoms with Gasteiger partial charge in [-0.25, -0.2) is 0 Å². The zero-order chi connectivity index (χ0) is 12.6. The summed E-state index contributed by atoms with van der Waals surface area (Å²) in [7, 11) is 2.24. The van der Waals surface area contributed by atoms with Crippen molar-refractivity contribution in [3.63, 3.8) is 0 Å². The van der Waals surface area contributed by atoms with E-state index in [1.165, 1.54) is 19.5 Å². The van der Waals surface area contributed by atoms with Crippen LogP contribution in [0.4, 0.5) is 0 Å². The van der Waals surface area contributed by atoms with Gasteiger partial charge in [0.15, 0.2) is 0 Å². The first kappa shape index (κ1) is 15.9. The highest BCUT2D eigenvalue weighted by atomic mass is 15.1. The van der Waals surface area contributed by atoms with Crippen LogP contribution in [0.2, 0.25) is 0 Å². The highest BCUT2D eigenvalue weighted by molar-refractivity contribution is 4.63. The summed E-state index contributed by atoms with van der Waals surface area (Å²) >= 11 is 0. The first-order valence-electron chi connectivity index (χ1n) is 6.81. The molecule has 0 radical (unpaired) electrons. The second-order valence-electron chi connectivity index (χ2n) is 6.10. The van der Waals surface area contributed by atoms with E-state index < -0.39 is 0 Å². The number of nitrogens with zero attached hydrogens (tertiary/aromatic N) is 1. The van der Waals surface area contributed by atoms with Crippen LogP contribution in [0.1, 0.15) is 41.0 Å². The summed E-state index contributed by atoms with van der Waals surface area (Å²) in [5, 5.41) is 3.53. The Bertz CT molecular complexity index is 155. The van der Waals surface area contributed by atoms with E-state index in [9.17, 15) is 0 Å². The Morgan fingerprint density at radius 1 is 0.938 bits per heavy atom. The lowest BCUT2D eigenvalue weighted by atomic mass is 10.1. The minimum atomic E-state index is 0.746. The average Bonchev–Trinajstić information content (AvgIpc) is 2.14. The highest BCUT2D eigenvalue weighted by Crippen LogP contribution is 2.03. The molecule has 0 amide bonds. The van der Waals surface area contributed by atoms with Gasteiger partial charge in [0.2, 0.25) is 0 Å². The largest absolute Gasteiger partial charge is 0.316 e. The minimum absolute atomic E-state index is 0.746. The normalized spacial score (nSPS) is 14.1. The first-order chi connectivity index (χ1) is 7.41. The Balaban J connectivity index is 3.50. The van der Waals surface area contributed by atoms with Gasteiger partial charge in [0.25, 0.3) is 0 Å². The van der Waals surface area contributed by atoms with E-state index in [4.69, 9.17) is 0 Å². The predicted molar refractivity (Wildman–Crippen MR) is 73.8 cm³/mol. The van der Waals surface area contributed by atoms with Crippen LogP contribution < -0.4 is 5.32 Å². The molecule has 0 aliphatic heterocycles. The maximum Gasteiger partial charge on any atom is 0.00161 e. The zero-order valence-electron chi connectivity index (χ0n) is 12.2. The second-order valence-corrected chi connectivity index (χ2v) is 6.10. The first-order valence-corrected chi connectivity index (χ1v) is 6.81. The lowest BCUT2D eigenvalue weighted by Gasteiger charge is -2.22. The molecule has 0 saturated carbocycles. The molecule has 0 aromatic heterocycles. The van der Waals surface area contributed by atoms with Crippen molar-refractivity contribution in [2.75, 3.05) is 33.2 Å². The second kappa shape index (κ2) is 9.00. The third-order valence-electron chi connectivity index (χ3n) is 2.76. The van der Waals surface area contributed by atoms with Crippen LogP contribution in [0.3, 0.4) is 0 Å². The number of rotatable bonds is 9. The van der Waals surface area contributed by atoms with Gasteiger partial charge in [-0.1, -0.05) is 34.6 Å². The third kappa shape index (κ3) is 10.4. The molecule has 0 aliphatic rings. The summed E-state index contributed by atoms with van der Waals surface area (Å²) in [5.74, 6) is 2.32. The molecule has 0 rings (SSSR count). The van der Waals surface area contributed by atoms with Crippen molar-refractivity contribution in [2.45, 2.75) is 41.0 Å². The van der Waals surface area contributed by atoms with E-state index >= 15 is 0 Å². The van der Waals surface area contributed by atoms with Crippen LogP contribution >= 0.6 is 0 Å². The van der Waals surface area contributed by atoms with Gasteiger partial charge in [-0.15, -0.1) is 0 Å². The van der Waals surface area contributed by atoms with Crippen molar-refractivity contribution >= 4 is 0 Å². The van der Waals surface area contributed by atoms with Gasteiger partial charge in [0.1, 0.15) is 0 Å². The summed E-state index contributed by atoms with van der Waals surface area (Å²) < 4.78 is 0. The average molecular weight is 228 g/mol. The molecule has 0 spiro atoms. The molecule has 1 unspecified atom stereocenters. The molecular formula is C14H32N2. The quantitative estimate of drug-likeness (QED) is 0.653. The number of nitrogens with one attached hydrogen (secondary N) is 1. The Kier molecular flexibility index (Phi) is 8.96. The molecule has 0 bridgehead atoms. The Hall–Kier alpha value is -0.0800. The number of hydrogen-bond donors (Lipinski definition) is 1. The van der Waals surface area contributed by atoms with Crippen LogP contribution in [0.15, 0.2) is 0 Å². The van der Waals surface area contributed by atoms with Gasteiger partial charge in [-0.3, -0.25) is 0 Å². The fourth-order valence-corrected chi connectivity index (χ4v) is 1.78. The van der Waals surface area contributed by atoms with E-state index in [0.29, 0.717) is 0 Å². The predicted octanol–water partition coefficient (Wildman–Crippen LogP) is 2.85. The number of hydrogen-bond acceptors (Lipinski definition) is 2. The van der Waals surface area contributed by atoms with Gasteiger partial charge < -0.3 is 10.2 Å². The smallest absolute Gasteiger partial charge is 0.00161 e. The van der Waals surface area contributed by atoms with Crippen LogP contribution in [0, 0.1) is 17.8 Å². The fourth-order valence-electron chi connectivity index (χ4n) is 1.78. The van der Waals surface area contributed by atoms with E-state index in [1.54, 1.807) is 0 Å². The summed E-state index contributed by atoms with van der Waals surface area (Å²) in [6, 6.07) is 0. The van der Waals surface area contributed by atoms with Gasteiger partial charge in [-0.05, 0) is 50.9 Å². The van der Waals surface area contributed by atoms with Gasteiger partial charge in [0, 0.05) is 6.54 Å². The van der Waals surface area contributed by atoms with Crippen molar-refractivity contribution in [1.29, 1.82) is 0 Å². The maximum absolute atomic E-state index is 3.53. The lowest BCUT2D eigenvalue weighted by Crippen LogP contribution is -2.33. The van der Waals surface area contributed by atoms with Crippen LogP contribution in [0.5, 0.6) is 0 Å². The van der Waals surface area contributed by atoms with Gasteiger partial charge in [-0.2, -0.15) is 0 Å². The third-order valence-corrected chi connectivity index (χ3v) is 2.76. The standard InChI is InChI=1S/C14H32N2/c1-12(2)7-8-16(6)11-14(5)10-15-9-13(3)4/h12-15H,7-11H2,1-6H3. The summed E-state index contributed by atoms with van der Waals surface area (Å²) in [4.78, 5) is 2.46. The van der Waals surface area contributed by atoms with Gasteiger partial charge in [0.05, 0.1) is 0 Å². The molecule has 0 heterocycles. The monoisotopic (exact) mass is 228 g/mol. The topological polar surface area (TPSA) is 15.3 Å². The van der Waals surface area contributed by atoms with E-state index in [2.05, 4.69) is 51.9 Å². The van der Waals surface area contributed by atoms with Crippen LogP contribution in [-0.4, -0.2) is 38.1 Å². The molecule has 98 valence electrons. The molecule has 0 fully saturated rings. The summed E-state index contributed by atoms with van der Waals surface area (Å²) in [6.07, 6.45) is 1.31. The Morgan fingerprint density at radius 2 is 1.56 bits per heavy atom. The maximum atomic E-state index is 3.53.